The summed E-state index contributed by atoms with van der Waals surface area (Å²) in [6, 6.07) is 11.5. The first-order chi connectivity index (χ1) is 16.2. The van der Waals surface area contributed by atoms with Crippen molar-refractivity contribution in [1.29, 1.82) is 0 Å². The molecule has 0 aromatic heterocycles. The number of ketones is 1. The molecule has 1 saturated heterocycles. The Morgan fingerprint density at radius 1 is 1.18 bits per heavy atom. The maximum Gasteiger partial charge on any atom is 0.295 e. The predicted molar refractivity (Wildman–Crippen MR) is 128 cm³/mol. The monoisotopic (exact) mass is 467 g/mol. The van der Waals surface area contributed by atoms with Crippen LogP contribution in [0.5, 0.6) is 5.75 Å². The minimum absolute atomic E-state index is 0.102. The van der Waals surface area contributed by atoms with Gasteiger partial charge in [0.1, 0.15) is 11.5 Å². The third-order valence-electron chi connectivity index (χ3n) is 5.60. The Morgan fingerprint density at radius 2 is 1.91 bits per heavy atom. The second-order valence-electron chi connectivity index (χ2n) is 8.38. The van der Waals surface area contributed by atoms with Crippen molar-refractivity contribution < 1.29 is 24.4 Å². The largest absolute Gasteiger partial charge is 0.507 e. The number of amides is 1. The first-order valence-corrected chi connectivity index (χ1v) is 11.1. The van der Waals surface area contributed by atoms with E-state index in [-0.39, 0.29) is 23.6 Å². The Balaban J connectivity index is 2.10. The van der Waals surface area contributed by atoms with Crippen molar-refractivity contribution in [2.45, 2.75) is 25.8 Å². The lowest BCUT2D eigenvalue weighted by atomic mass is 9.95. The lowest BCUT2D eigenvalue weighted by Crippen LogP contribution is -2.35. The molecule has 2 aromatic carbocycles. The van der Waals surface area contributed by atoms with Crippen LogP contribution in [0.1, 0.15) is 36.9 Å². The smallest absolute Gasteiger partial charge is 0.295 e. The van der Waals surface area contributed by atoms with Gasteiger partial charge in [-0.15, -0.1) is 0 Å². The minimum atomic E-state index is -0.954. The molecule has 0 radical (unpaired) electrons. The number of hydrogen-bond donors (Lipinski definition) is 1. The fourth-order valence-electron chi connectivity index (χ4n) is 3.80. The van der Waals surface area contributed by atoms with E-state index >= 15 is 0 Å². The highest BCUT2D eigenvalue weighted by Gasteiger charge is 2.46. The molecule has 9 heteroatoms. The summed E-state index contributed by atoms with van der Waals surface area (Å²) in [6.45, 7) is 3.25. The van der Waals surface area contributed by atoms with Crippen LogP contribution in [-0.2, 0) is 9.59 Å². The molecule has 3 rings (SSSR count). The summed E-state index contributed by atoms with van der Waals surface area (Å²) in [5.74, 6) is -1.39. The number of benzene rings is 2. The van der Waals surface area contributed by atoms with E-state index in [0.29, 0.717) is 30.0 Å². The molecular formula is C25H29N3O6. The summed E-state index contributed by atoms with van der Waals surface area (Å²) in [4.78, 5) is 40.1. The number of likely N-dealkylation sites (tertiary alicyclic amines) is 1. The van der Waals surface area contributed by atoms with Gasteiger partial charge in [-0.2, -0.15) is 0 Å². The van der Waals surface area contributed by atoms with Crippen molar-refractivity contribution in [3.63, 3.8) is 0 Å². The Labute approximate surface area is 198 Å². The predicted octanol–water partition coefficient (Wildman–Crippen LogP) is 3.76. The van der Waals surface area contributed by atoms with Crippen LogP contribution in [-0.4, -0.2) is 65.3 Å². The molecule has 1 heterocycles. The minimum Gasteiger partial charge on any atom is -0.507 e. The number of aliphatic hydroxyl groups excluding tert-OH is 1. The zero-order chi connectivity index (χ0) is 24.8. The Morgan fingerprint density at radius 3 is 2.59 bits per heavy atom. The standard InChI is InChI=1S/C25H29N3O6/c1-4-5-14-34-20-11-7-9-18(16-20)23(29)21-22(17-8-6-10-19(15-17)28(32)33)27(13-12-26(2)3)25(31)24(21)30/h6-11,15-16,22,29H,4-5,12-14H2,1-3H3/b23-21+. The number of carbonyl (C=O) groups is 2. The van der Waals surface area contributed by atoms with E-state index in [0.717, 1.165) is 12.8 Å². The van der Waals surface area contributed by atoms with Crippen molar-refractivity contribution >= 4 is 23.1 Å². The van der Waals surface area contributed by atoms with E-state index < -0.39 is 22.7 Å². The number of nitrogens with zero attached hydrogens (tertiary/aromatic N) is 3. The molecule has 1 N–H and O–H groups in total. The Kier molecular flexibility index (Phi) is 8.01. The normalized spacial score (nSPS) is 17.4. The quantitative estimate of drug-likeness (QED) is 0.141. The number of aliphatic hydroxyl groups is 1. The van der Waals surface area contributed by atoms with Gasteiger partial charge in [0.25, 0.3) is 17.4 Å². The van der Waals surface area contributed by atoms with E-state index in [1.54, 1.807) is 30.3 Å². The van der Waals surface area contributed by atoms with Crippen LogP contribution in [0, 0.1) is 10.1 Å². The average Bonchev–Trinajstić information content (AvgIpc) is 3.07. The fraction of sp³-hybridized carbons (Fsp3) is 0.360. The van der Waals surface area contributed by atoms with E-state index in [4.69, 9.17) is 4.74 Å². The van der Waals surface area contributed by atoms with Gasteiger partial charge in [0.05, 0.1) is 23.1 Å². The molecule has 1 aliphatic heterocycles. The number of non-ortho nitro benzene ring substituents is 1. The van der Waals surface area contributed by atoms with Crippen molar-refractivity contribution in [2.24, 2.45) is 0 Å². The second-order valence-corrected chi connectivity index (χ2v) is 8.38. The molecule has 2 aromatic rings. The lowest BCUT2D eigenvalue weighted by molar-refractivity contribution is -0.384. The SMILES string of the molecule is CCCCOc1cccc(/C(O)=C2\C(=O)C(=O)N(CCN(C)C)C2c2cccc([N+](=O)[O-])c2)c1. The van der Waals surface area contributed by atoms with Gasteiger partial charge in [0, 0.05) is 30.8 Å². The molecule has 180 valence electrons. The number of ether oxygens (including phenoxy) is 1. The summed E-state index contributed by atoms with van der Waals surface area (Å²) in [6.07, 6.45) is 1.85. The van der Waals surface area contributed by atoms with Crippen LogP contribution < -0.4 is 4.74 Å². The Bertz CT molecular complexity index is 1110. The van der Waals surface area contributed by atoms with Crippen LogP contribution in [0.4, 0.5) is 5.69 Å². The van der Waals surface area contributed by atoms with Crippen LogP contribution in [0.3, 0.4) is 0 Å². The first-order valence-electron chi connectivity index (χ1n) is 11.1. The van der Waals surface area contributed by atoms with Gasteiger partial charge in [0.15, 0.2) is 0 Å². The van der Waals surface area contributed by atoms with Crippen LogP contribution in [0.15, 0.2) is 54.1 Å². The molecule has 1 amide bonds. The molecule has 34 heavy (non-hydrogen) atoms. The fourth-order valence-corrected chi connectivity index (χ4v) is 3.80. The summed E-state index contributed by atoms with van der Waals surface area (Å²) in [5.41, 5.74) is 0.441. The molecule has 0 aliphatic carbocycles. The number of nitro benzene ring substituents is 1. The number of Topliss-reactive ketones (excluding diaryl/α,β-unsaturated/α-hetero) is 1. The molecular weight excluding hydrogens is 438 g/mol. The van der Waals surface area contributed by atoms with Crippen LogP contribution in [0.25, 0.3) is 5.76 Å². The average molecular weight is 468 g/mol. The van der Waals surface area contributed by atoms with Gasteiger partial charge in [-0.3, -0.25) is 19.7 Å². The van der Waals surface area contributed by atoms with Gasteiger partial charge in [0.2, 0.25) is 0 Å². The topological polar surface area (TPSA) is 113 Å². The molecule has 0 spiro atoms. The maximum absolute atomic E-state index is 13.1. The highest BCUT2D eigenvalue weighted by atomic mass is 16.6. The number of unbranched alkanes of at least 4 members (excludes halogenated alkanes) is 1. The second kappa shape index (κ2) is 10.9. The molecule has 1 atom stereocenters. The highest BCUT2D eigenvalue weighted by molar-refractivity contribution is 6.46. The molecule has 0 bridgehead atoms. The van der Waals surface area contributed by atoms with Crippen LogP contribution >= 0.6 is 0 Å². The van der Waals surface area contributed by atoms with Gasteiger partial charge < -0.3 is 19.6 Å². The number of likely N-dealkylation sites (N-methyl/N-ethyl adjacent to an activating group) is 1. The molecule has 1 fully saturated rings. The maximum atomic E-state index is 13.1. The summed E-state index contributed by atoms with van der Waals surface area (Å²) >= 11 is 0. The number of rotatable bonds is 10. The number of carbonyl (C=O) groups excluding carboxylic acids is 2. The van der Waals surface area contributed by atoms with E-state index in [1.807, 2.05) is 19.0 Å². The zero-order valence-electron chi connectivity index (χ0n) is 19.6. The summed E-state index contributed by atoms with van der Waals surface area (Å²) < 4.78 is 5.71. The number of hydrogen-bond acceptors (Lipinski definition) is 7. The van der Waals surface area contributed by atoms with Gasteiger partial charge in [-0.05, 0) is 38.2 Å². The Hall–Kier alpha value is -3.72. The van der Waals surface area contributed by atoms with E-state index in [2.05, 4.69) is 6.92 Å². The van der Waals surface area contributed by atoms with E-state index in [1.165, 1.54) is 23.1 Å². The van der Waals surface area contributed by atoms with Crippen LogP contribution in [0.2, 0.25) is 0 Å². The van der Waals surface area contributed by atoms with Crippen molar-refractivity contribution in [2.75, 3.05) is 33.8 Å². The molecule has 1 unspecified atom stereocenters. The number of nitro groups is 1. The highest BCUT2D eigenvalue weighted by Crippen LogP contribution is 2.40. The van der Waals surface area contributed by atoms with Crippen molar-refractivity contribution in [3.8, 4) is 5.75 Å². The summed E-state index contributed by atoms with van der Waals surface area (Å²) in [7, 11) is 3.67. The lowest BCUT2D eigenvalue weighted by Gasteiger charge is -2.26. The zero-order valence-corrected chi connectivity index (χ0v) is 19.6. The first kappa shape index (κ1) is 24.9. The van der Waals surface area contributed by atoms with E-state index in [9.17, 15) is 24.8 Å². The molecule has 0 saturated carbocycles. The molecule has 1 aliphatic rings. The third-order valence-corrected chi connectivity index (χ3v) is 5.60. The molecule has 9 nitrogen and oxygen atoms in total. The van der Waals surface area contributed by atoms with Gasteiger partial charge >= 0.3 is 0 Å². The third kappa shape index (κ3) is 5.43. The van der Waals surface area contributed by atoms with Gasteiger partial charge in [-0.1, -0.05) is 37.6 Å². The summed E-state index contributed by atoms with van der Waals surface area (Å²) in [5, 5.41) is 22.5. The van der Waals surface area contributed by atoms with Crippen molar-refractivity contribution in [3.05, 3.63) is 75.3 Å². The van der Waals surface area contributed by atoms with Gasteiger partial charge in [-0.25, -0.2) is 0 Å². The van der Waals surface area contributed by atoms with Crippen molar-refractivity contribution in [1.82, 2.24) is 9.80 Å².